The second-order valence-corrected chi connectivity index (χ2v) is 3.03. The summed E-state index contributed by atoms with van der Waals surface area (Å²) < 4.78 is 0. The number of nitrogens with one attached hydrogen (secondary N) is 1. The fraction of sp³-hybridized carbons (Fsp3) is 0.500. The first-order valence-corrected chi connectivity index (χ1v) is 4.73. The molecule has 0 amide bonds. The van der Waals surface area contributed by atoms with E-state index in [1.54, 1.807) is 0 Å². The summed E-state index contributed by atoms with van der Waals surface area (Å²) >= 11 is 0. The van der Waals surface area contributed by atoms with Crippen molar-refractivity contribution in [3.63, 3.8) is 0 Å². The van der Waals surface area contributed by atoms with Crippen LogP contribution in [0.2, 0.25) is 0 Å². The van der Waals surface area contributed by atoms with Crippen LogP contribution in [0.15, 0.2) is 18.3 Å². The highest BCUT2D eigenvalue weighted by Gasteiger charge is 2.11. The third kappa shape index (κ3) is 2.26. The van der Waals surface area contributed by atoms with Crippen molar-refractivity contribution in [3.8, 4) is 0 Å². The molecule has 0 saturated carbocycles. The Hall–Kier alpha value is -0.930. The van der Waals surface area contributed by atoms with Crippen LogP contribution in [0.1, 0.15) is 37.6 Å². The Bertz CT molecular complexity index is 256. The van der Waals surface area contributed by atoms with E-state index >= 15 is 0 Å². The highest BCUT2D eigenvalue weighted by Crippen LogP contribution is 2.17. The van der Waals surface area contributed by atoms with E-state index < -0.39 is 0 Å². The molecule has 3 nitrogen and oxygen atoms in total. The van der Waals surface area contributed by atoms with Gasteiger partial charge in [0.2, 0.25) is 0 Å². The van der Waals surface area contributed by atoms with Crippen LogP contribution in [0.5, 0.6) is 0 Å². The molecule has 13 heavy (non-hydrogen) atoms. The molecule has 1 rings (SSSR count). The zero-order chi connectivity index (χ0) is 9.68. The molecular weight excluding hydrogens is 162 g/mol. The van der Waals surface area contributed by atoms with Gasteiger partial charge in [-0.1, -0.05) is 19.9 Å². The fourth-order valence-electron chi connectivity index (χ4n) is 1.45. The molecule has 0 bridgehead atoms. The van der Waals surface area contributed by atoms with Crippen LogP contribution in [-0.2, 0) is 6.42 Å². The van der Waals surface area contributed by atoms with E-state index in [4.69, 9.17) is 5.84 Å². The van der Waals surface area contributed by atoms with Gasteiger partial charge < -0.3 is 0 Å². The summed E-state index contributed by atoms with van der Waals surface area (Å²) in [6, 6.07) is 4.24. The second kappa shape index (κ2) is 4.94. The molecule has 0 aliphatic carbocycles. The van der Waals surface area contributed by atoms with Crippen molar-refractivity contribution >= 4 is 0 Å². The summed E-state index contributed by atoms with van der Waals surface area (Å²) in [5.74, 6) is 5.45. The van der Waals surface area contributed by atoms with Gasteiger partial charge in [-0.05, 0) is 24.5 Å². The molecule has 1 aromatic rings. The standard InChI is InChI=1S/C10H17N3/c1-3-8-6-5-7-12-10(8)9(4-2)13-11/h5-7,9,13H,3-4,11H2,1-2H3. The highest BCUT2D eigenvalue weighted by molar-refractivity contribution is 5.22. The molecule has 3 N–H and O–H groups in total. The number of aromatic nitrogens is 1. The van der Waals surface area contributed by atoms with Crippen LogP contribution >= 0.6 is 0 Å². The minimum atomic E-state index is 0.177. The minimum absolute atomic E-state index is 0.177. The lowest BCUT2D eigenvalue weighted by molar-refractivity contribution is 0.521. The second-order valence-electron chi connectivity index (χ2n) is 3.03. The van der Waals surface area contributed by atoms with Gasteiger partial charge in [0.05, 0.1) is 11.7 Å². The Morgan fingerprint density at radius 3 is 2.85 bits per heavy atom. The molecule has 1 heterocycles. The normalized spacial score (nSPS) is 12.8. The van der Waals surface area contributed by atoms with Gasteiger partial charge in [-0.25, -0.2) is 0 Å². The van der Waals surface area contributed by atoms with Gasteiger partial charge in [0.15, 0.2) is 0 Å². The Balaban J connectivity index is 2.96. The largest absolute Gasteiger partial charge is 0.271 e. The molecule has 1 atom stereocenters. The summed E-state index contributed by atoms with van der Waals surface area (Å²) in [4.78, 5) is 4.35. The predicted octanol–water partition coefficient (Wildman–Crippen LogP) is 1.56. The van der Waals surface area contributed by atoms with Crippen LogP contribution in [-0.4, -0.2) is 4.98 Å². The number of hydrogen-bond acceptors (Lipinski definition) is 3. The number of pyridine rings is 1. The topological polar surface area (TPSA) is 50.9 Å². The first-order chi connectivity index (χ1) is 6.33. The number of rotatable bonds is 4. The molecular formula is C10H17N3. The number of nitrogens with zero attached hydrogens (tertiary/aromatic N) is 1. The monoisotopic (exact) mass is 179 g/mol. The Morgan fingerprint density at radius 1 is 1.54 bits per heavy atom. The van der Waals surface area contributed by atoms with E-state index in [1.165, 1.54) is 5.56 Å². The fourth-order valence-corrected chi connectivity index (χ4v) is 1.45. The number of hydrogen-bond donors (Lipinski definition) is 2. The lowest BCUT2D eigenvalue weighted by Gasteiger charge is -2.15. The molecule has 0 radical (unpaired) electrons. The Morgan fingerprint density at radius 2 is 2.31 bits per heavy atom. The van der Waals surface area contributed by atoms with E-state index in [0.29, 0.717) is 0 Å². The van der Waals surface area contributed by atoms with Gasteiger partial charge >= 0.3 is 0 Å². The van der Waals surface area contributed by atoms with E-state index in [-0.39, 0.29) is 6.04 Å². The molecule has 0 fully saturated rings. The van der Waals surface area contributed by atoms with Crippen LogP contribution < -0.4 is 11.3 Å². The van der Waals surface area contributed by atoms with Gasteiger partial charge in [0.1, 0.15) is 0 Å². The molecule has 0 aliphatic heterocycles. The quantitative estimate of drug-likeness (QED) is 0.544. The van der Waals surface area contributed by atoms with E-state index in [2.05, 4.69) is 30.3 Å². The van der Waals surface area contributed by atoms with Gasteiger partial charge in [-0.15, -0.1) is 0 Å². The van der Waals surface area contributed by atoms with Crippen LogP contribution in [0.25, 0.3) is 0 Å². The SMILES string of the molecule is CCc1cccnc1C(CC)NN. The van der Waals surface area contributed by atoms with Crippen LogP contribution in [0.3, 0.4) is 0 Å². The minimum Gasteiger partial charge on any atom is -0.271 e. The Kier molecular flexibility index (Phi) is 3.86. The molecule has 3 heteroatoms. The zero-order valence-corrected chi connectivity index (χ0v) is 8.25. The molecule has 0 aliphatic rings. The van der Waals surface area contributed by atoms with Gasteiger partial charge in [0, 0.05) is 6.20 Å². The number of aryl methyl sites for hydroxylation is 1. The summed E-state index contributed by atoms with van der Waals surface area (Å²) in [7, 11) is 0. The van der Waals surface area contributed by atoms with Crippen LogP contribution in [0, 0.1) is 0 Å². The maximum absolute atomic E-state index is 5.45. The molecule has 1 unspecified atom stereocenters. The zero-order valence-electron chi connectivity index (χ0n) is 8.25. The van der Waals surface area contributed by atoms with Crippen molar-refractivity contribution in [2.75, 3.05) is 0 Å². The predicted molar refractivity (Wildman–Crippen MR) is 54.0 cm³/mol. The summed E-state index contributed by atoms with van der Waals surface area (Å²) in [5, 5.41) is 0. The highest BCUT2D eigenvalue weighted by atomic mass is 15.2. The molecule has 0 spiro atoms. The summed E-state index contributed by atoms with van der Waals surface area (Å²) in [5.41, 5.74) is 5.13. The van der Waals surface area contributed by atoms with Gasteiger partial charge in [-0.3, -0.25) is 16.3 Å². The average Bonchev–Trinajstić information content (AvgIpc) is 2.20. The van der Waals surface area contributed by atoms with E-state index in [9.17, 15) is 0 Å². The summed E-state index contributed by atoms with van der Waals surface area (Å²) in [6.45, 7) is 4.22. The van der Waals surface area contributed by atoms with E-state index in [0.717, 1.165) is 18.5 Å². The van der Waals surface area contributed by atoms with Gasteiger partial charge in [-0.2, -0.15) is 0 Å². The average molecular weight is 179 g/mol. The lowest BCUT2D eigenvalue weighted by Crippen LogP contribution is -2.28. The lowest BCUT2D eigenvalue weighted by atomic mass is 10.0. The molecule has 0 aromatic carbocycles. The van der Waals surface area contributed by atoms with Gasteiger partial charge in [0.25, 0.3) is 0 Å². The number of hydrazine groups is 1. The van der Waals surface area contributed by atoms with Crippen molar-refractivity contribution in [2.45, 2.75) is 32.7 Å². The maximum Gasteiger partial charge on any atom is 0.0632 e. The van der Waals surface area contributed by atoms with Crippen molar-refractivity contribution in [3.05, 3.63) is 29.6 Å². The maximum atomic E-state index is 5.45. The molecule has 72 valence electrons. The van der Waals surface area contributed by atoms with Crippen molar-refractivity contribution in [1.82, 2.24) is 10.4 Å². The third-order valence-electron chi connectivity index (χ3n) is 2.25. The smallest absolute Gasteiger partial charge is 0.0632 e. The third-order valence-corrected chi connectivity index (χ3v) is 2.25. The van der Waals surface area contributed by atoms with Crippen LogP contribution in [0.4, 0.5) is 0 Å². The first-order valence-electron chi connectivity index (χ1n) is 4.73. The number of nitrogens with two attached hydrogens (primary N) is 1. The molecule has 1 aromatic heterocycles. The summed E-state index contributed by atoms with van der Waals surface area (Å²) in [6.07, 6.45) is 3.77. The Labute approximate surface area is 79.3 Å². The van der Waals surface area contributed by atoms with Crippen molar-refractivity contribution in [1.29, 1.82) is 0 Å². The van der Waals surface area contributed by atoms with E-state index in [1.807, 2.05) is 12.3 Å². The van der Waals surface area contributed by atoms with Crippen molar-refractivity contribution in [2.24, 2.45) is 5.84 Å². The first kappa shape index (κ1) is 10.2. The van der Waals surface area contributed by atoms with Crippen molar-refractivity contribution < 1.29 is 0 Å². The molecule has 0 saturated heterocycles.